The van der Waals surface area contributed by atoms with Gasteiger partial charge in [0.15, 0.2) is 6.61 Å². The summed E-state index contributed by atoms with van der Waals surface area (Å²) in [6.45, 7) is 4.84. The van der Waals surface area contributed by atoms with Crippen LogP contribution in [0.15, 0.2) is 30.2 Å². The van der Waals surface area contributed by atoms with Gasteiger partial charge in [-0.1, -0.05) is 18.2 Å². The van der Waals surface area contributed by atoms with Crippen LogP contribution in [0.1, 0.15) is 18.4 Å². The Bertz CT molecular complexity index is 775. The first kappa shape index (κ1) is 21.7. The number of hydrogen-bond donors (Lipinski definition) is 1. The van der Waals surface area contributed by atoms with Gasteiger partial charge in [0.2, 0.25) is 10.0 Å². The van der Waals surface area contributed by atoms with Crippen LogP contribution in [0.25, 0.3) is 0 Å². The summed E-state index contributed by atoms with van der Waals surface area (Å²) in [4.78, 5) is 16.1. The number of piperidine rings is 1. The zero-order valence-electron chi connectivity index (χ0n) is 15.7. The van der Waals surface area contributed by atoms with Gasteiger partial charge in [0.25, 0.3) is 5.91 Å². The standard InChI is InChI=1S/C18H26ClN3O4S/c1-4-27(24,25)20-16-7-9-22(10-8-16)18(23)13-26-17-6-5-15(19)11-14(17)12-21(2)3/h4-6,11,16,20H,1,7-10,12-13H2,2-3H3. The van der Waals surface area contributed by atoms with E-state index in [-0.39, 0.29) is 18.6 Å². The van der Waals surface area contributed by atoms with E-state index in [1.165, 1.54) is 0 Å². The van der Waals surface area contributed by atoms with Crippen molar-refractivity contribution in [1.82, 2.24) is 14.5 Å². The first-order chi connectivity index (χ1) is 12.7. The highest BCUT2D eigenvalue weighted by molar-refractivity contribution is 7.92. The Kier molecular flexibility index (Phi) is 7.67. The van der Waals surface area contributed by atoms with Crippen LogP contribution in [-0.2, 0) is 21.4 Å². The lowest BCUT2D eigenvalue weighted by molar-refractivity contribution is -0.134. The van der Waals surface area contributed by atoms with Crippen LogP contribution in [-0.4, -0.2) is 64.0 Å². The summed E-state index contributed by atoms with van der Waals surface area (Å²) in [7, 11) is 0.440. The molecule has 1 heterocycles. The summed E-state index contributed by atoms with van der Waals surface area (Å²) in [6, 6.07) is 5.15. The van der Waals surface area contributed by atoms with E-state index in [1.807, 2.05) is 25.1 Å². The summed E-state index contributed by atoms with van der Waals surface area (Å²) < 4.78 is 31.4. The van der Waals surface area contributed by atoms with Gasteiger partial charge in [0, 0.05) is 41.7 Å². The molecular formula is C18H26ClN3O4S. The second-order valence-corrected chi connectivity index (χ2v) is 8.86. The highest BCUT2D eigenvalue weighted by Gasteiger charge is 2.25. The molecule has 1 aromatic carbocycles. The number of likely N-dealkylation sites (tertiary alicyclic amines) is 1. The fourth-order valence-corrected chi connectivity index (χ4v) is 3.90. The van der Waals surface area contributed by atoms with E-state index in [0.29, 0.717) is 43.2 Å². The van der Waals surface area contributed by atoms with Gasteiger partial charge in [-0.15, -0.1) is 0 Å². The van der Waals surface area contributed by atoms with Gasteiger partial charge in [-0.25, -0.2) is 13.1 Å². The largest absolute Gasteiger partial charge is 0.483 e. The number of carbonyl (C=O) groups is 1. The number of halogens is 1. The van der Waals surface area contributed by atoms with E-state index in [1.54, 1.807) is 17.0 Å². The molecule has 1 aliphatic heterocycles. The fraction of sp³-hybridized carbons (Fsp3) is 0.500. The van der Waals surface area contributed by atoms with Gasteiger partial charge >= 0.3 is 0 Å². The van der Waals surface area contributed by atoms with E-state index < -0.39 is 10.0 Å². The van der Waals surface area contributed by atoms with Crippen LogP contribution in [0.3, 0.4) is 0 Å². The molecule has 0 radical (unpaired) electrons. The van der Waals surface area contributed by atoms with E-state index >= 15 is 0 Å². The SMILES string of the molecule is C=CS(=O)(=O)NC1CCN(C(=O)COc2ccc(Cl)cc2CN(C)C)CC1. The van der Waals surface area contributed by atoms with Crippen molar-refractivity contribution in [2.75, 3.05) is 33.8 Å². The molecule has 7 nitrogen and oxygen atoms in total. The van der Waals surface area contributed by atoms with Crippen molar-refractivity contribution < 1.29 is 17.9 Å². The molecule has 1 N–H and O–H groups in total. The quantitative estimate of drug-likeness (QED) is 0.700. The van der Waals surface area contributed by atoms with Crippen molar-refractivity contribution in [3.63, 3.8) is 0 Å². The van der Waals surface area contributed by atoms with Crippen LogP contribution in [0.2, 0.25) is 5.02 Å². The molecule has 0 spiro atoms. The van der Waals surface area contributed by atoms with Crippen molar-refractivity contribution >= 4 is 27.5 Å². The third-order valence-electron chi connectivity index (χ3n) is 4.26. The Morgan fingerprint density at radius 3 is 2.67 bits per heavy atom. The van der Waals surface area contributed by atoms with Crippen LogP contribution < -0.4 is 9.46 Å². The number of nitrogens with one attached hydrogen (secondary N) is 1. The van der Waals surface area contributed by atoms with Crippen LogP contribution in [0.5, 0.6) is 5.75 Å². The Morgan fingerprint density at radius 1 is 1.41 bits per heavy atom. The number of carbonyl (C=O) groups excluding carboxylic acids is 1. The van der Waals surface area contributed by atoms with Gasteiger partial charge in [0.1, 0.15) is 5.75 Å². The summed E-state index contributed by atoms with van der Waals surface area (Å²) in [5.41, 5.74) is 0.915. The Morgan fingerprint density at radius 2 is 2.07 bits per heavy atom. The lowest BCUT2D eigenvalue weighted by Crippen LogP contribution is -2.47. The van der Waals surface area contributed by atoms with Crippen LogP contribution in [0, 0.1) is 0 Å². The second-order valence-electron chi connectivity index (χ2n) is 6.76. The molecule has 0 aromatic heterocycles. The van der Waals surface area contributed by atoms with Crippen molar-refractivity contribution in [3.8, 4) is 5.75 Å². The Labute approximate surface area is 166 Å². The van der Waals surface area contributed by atoms with E-state index in [2.05, 4.69) is 11.3 Å². The van der Waals surface area contributed by atoms with Gasteiger partial charge in [-0.2, -0.15) is 0 Å². The second kappa shape index (κ2) is 9.54. The molecular weight excluding hydrogens is 390 g/mol. The summed E-state index contributed by atoms with van der Waals surface area (Å²) in [5, 5.41) is 1.52. The minimum absolute atomic E-state index is 0.0644. The molecule has 0 bridgehead atoms. The summed E-state index contributed by atoms with van der Waals surface area (Å²) in [5.74, 6) is 0.515. The van der Waals surface area contributed by atoms with E-state index in [9.17, 15) is 13.2 Å². The molecule has 9 heteroatoms. The average Bonchev–Trinajstić information content (AvgIpc) is 2.60. The topological polar surface area (TPSA) is 79.0 Å². The highest BCUT2D eigenvalue weighted by Crippen LogP contribution is 2.24. The molecule has 0 saturated carbocycles. The normalized spacial score (nSPS) is 15.8. The minimum atomic E-state index is -3.45. The molecule has 1 amide bonds. The van der Waals surface area contributed by atoms with Crippen LogP contribution in [0.4, 0.5) is 0 Å². The number of nitrogens with zero attached hydrogens (tertiary/aromatic N) is 2. The molecule has 1 aromatic rings. The Balaban J connectivity index is 1.88. The maximum Gasteiger partial charge on any atom is 0.260 e. The number of sulfonamides is 1. The number of ether oxygens (including phenoxy) is 1. The van der Waals surface area contributed by atoms with Gasteiger partial charge in [0.05, 0.1) is 0 Å². The lowest BCUT2D eigenvalue weighted by Gasteiger charge is -2.32. The molecule has 0 unspecified atom stereocenters. The molecule has 1 aliphatic rings. The molecule has 2 rings (SSSR count). The number of amides is 1. The van der Waals surface area contributed by atoms with E-state index in [0.717, 1.165) is 11.0 Å². The van der Waals surface area contributed by atoms with Crippen molar-refractivity contribution in [1.29, 1.82) is 0 Å². The molecule has 1 fully saturated rings. The molecule has 0 aliphatic carbocycles. The number of rotatable bonds is 8. The average molecular weight is 416 g/mol. The molecule has 1 saturated heterocycles. The predicted molar refractivity (Wildman–Crippen MR) is 106 cm³/mol. The third-order valence-corrected chi connectivity index (χ3v) is 5.59. The highest BCUT2D eigenvalue weighted by atomic mass is 35.5. The van der Waals surface area contributed by atoms with Gasteiger partial charge in [-0.3, -0.25) is 4.79 Å². The first-order valence-electron chi connectivity index (χ1n) is 8.68. The van der Waals surface area contributed by atoms with Crippen molar-refractivity contribution in [3.05, 3.63) is 40.8 Å². The minimum Gasteiger partial charge on any atom is -0.483 e. The smallest absolute Gasteiger partial charge is 0.260 e. The third kappa shape index (κ3) is 6.80. The van der Waals surface area contributed by atoms with E-state index in [4.69, 9.17) is 16.3 Å². The Hall–Kier alpha value is -1.61. The monoisotopic (exact) mass is 415 g/mol. The van der Waals surface area contributed by atoms with Crippen LogP contribution >= 0.6 is 11.6 Å². The maximum atomic E-state index is 12.4. The van der Waals surface area contributed by atoms with Crippen molar-refractivity contribution in [2.45, 2.75) is 25.4 Å². The summed E-state index contributed by atoms with van der Waals surface area (Å²) >= 11 is 6.05. The van der Waals surface area contributed by atoms with Gasteiger partial charge < -0.3 is 14.5 Å². The fourth-order valence-electron chi connectivity index (χ4n) is 2.91. The first-order valence-corrected chi connectivity index (χ1v) is 10.6. The molecule has 0 atom stereocenters. The maximum absolute atomic E-state index is 12.4. The number of hydrogen-bond acceptors (Lipinski definition) is 5. The molecule has 27 heavy (non-hydrogen) atoms. The predicted octanol–water partition coefficient (Wildman–Crippen LogP) is 1.83. The van der Waals surface area contributed by atoms with Crippen molar-refractivity contribution in [2.24, 2.45) is 0 Å². The zero-order valence-corrected chi connectivity index (χ0v) is 17.2. The zero-order chi connectivity index (χ0) is 20.0. The lowest BCUT2D eigenvalue weighted by atomic mass is 10.1. The number of benzene rings is 1. The summed E-state index contributed by atoms with van der Waals surface area (Å²) in [6.07, 6.45) is 1.12. The molecule has 150 valence electrons. The van der Waals surface area contributed by atoms with Gasteiger partial charge in [-0.05, 0) is 45.1 Å².